The molecule has 2 saturated heterocycles. The van der Waals surface area contributed by atoms with Crippen LogP contribution in [-0.4, -0.2) is 154 Å². The van der Waals surface area contributed by atoms with Gasteiger partial charge in [-0.2, -0.15) is 9.97 Å². The Bertz CT molecular complexity index is 4210. The van der Waals surface area contributed by atoms with Crippen LogP contribution in [0.2, 0.25) is 10.0 Å². The lowest BCUT2D eigenvalue weighted by Gasteiger charge is -2.54. The van der Waals surface area contributed by atoms with Crippen LogP contribution in [0.3, 0.4) is 0 Å². The Hall–Kier alpha value is -7.81. The second-order valence-electron chi connectivity index (χ2n) is 25.5. The number of nitrogens with two attached hydrogens (primary N) is 1. The van der Waals surface area contributed by atoms with Gasteiger partial charge in [-0.3, -0.25) is 29.5 Å². The van der Waals surface area contributed by atoms with Gasteiger partial charge < -0.3 is 61.0 Å². The van der Waals surface area contributed by atoms with Gasteiger partial charge in [0.1, 0.15) is 35.4 Å². The number of hydrogen-bond acceptors (Lipinski definition) is 21. The van der Waals surface area contributed by atoms with E-state index in [-0.39, 0.29) is 5.91 Å². The van der Waals surface area contributed by atoms with Gasteiger partial charge in [0.15, 0.2) is 11.6 Å². The summed E-state index contributed by atoms with van der Waals surface area (Å²) in [5.74, 6) is 1.08. The Morgan fingerprint density at radius 1 is 0.581 bits per heavy atom. The van der Waals surface area contributed by atoms with E-state index >= 15 is 0 Å². The zero-order valence-corrected chi connectivity index (χ0v) is 57.6. The molecule has 2 aliphatic heterocycles. The molecule has 2 saturated carbocycles. The second-order valence-corrected chi connectivity index (χ2v) is 33.0. The van der Waals surface area contributed by atoms with Crippen LogP contribution in [-0.2, 0) is 18.7 Å². The summed E-state index contributed by atoms with van der Waals surface area (Å²) < 4.78 is 26.7. The Morgan fingerprint density at radius 2 is 0.989 bits per heavy atom. The molecule has 93 heavy (non-hydrogen) atoms. The van der Waals surface area contributed by atoms with E-state index in [2.05, 4.69) is 133 Å². The fourth-order valence-electron chi connectivity index (χ4n) is 12.8. The van der Waals surface area contributed by atoms with Gasteiger partial charge >= 0.3 is 0 Å². The number of benzene rings is 4. The maximum Gasteiger partial charge on any atom is 0.247 e. The Morgan fingerprint density at radius 3 is 1.39 bits per heavy atom. The quantitative estimate of drug-likeness (QED) is 0.0214. The first-order chi connectivity index (χ1) is 44.2. The van der Waals surface area contributed by atoms with Crippen LogP contribution in [0.15, 0.2) is 123 Å². The minimum atomic E-state index is -2.78. The van der Waals surface area contributed by atoms with Crippen molar-refractivity contribution in [3.05, 3.63) is 133 Å². The first-order valence-corrected chi connectivity index (χ1v) is 36.9. The molecule has 0 atom stereocenters. The van der Waals surface area contributed by atoms with Crippen molar-refractivity contribution in [3.8, 4) is 0 Å². The highest BCUT2D eigenvalue weighted by molar-refractivity contribution is 7.71. The van der Waals surface area contributed by atoms with Crippen molar-refractivity contribution in [2.24, 2.45) is 10.8 Å². The molecule has 7 N–H and O–H groups in total. The molecule has 1 amide bonds. The number of nitrogens with one attached hydrogen (secondary N) is 5. The number of rotatable bonds is 17. The van der Waals surface area contributed by atoms with Crippen molar-refractivity contribution < 1.29 is 18.7 Å². The van der Waals surface area contributed by atoms with Crippen molar-refractivity contribution in [2.45, 2.75) is 63.5 Å². The van der Waals surface area contributed by atoms with Gasteiger partial charge in [-0.05, 0) is 201 Å². The molecule has 8 aromatic rings. The highest BCUT2D eigenvalue weighted by Gasteiger charge is 2.48. The van der Waals surface area contributed by atoms with Gasteiger partial charge in [0.25, 0.3) is 0 Å². The average Bonchev–Trinajstić information content (AvgIpc) is 0.807. The summed E-state index contributed by atoms with van der Waals surface area (Å²) in [7, 11) is 3.17. The highest BCUT2D eigenvalue weighted by atomic mass is 35.5. The van der Waals surface area contributed by atoms with Gasteiger partial charge in [-0.1, -0.05) is 36.4 Å². The number of carbonyl (C=O) groups excluding carboxylic acids is 2. The number of carbonyl (C=O) groups is 2. The van der Waals surface area contributed by atoms with Crippen molar-refractivity contribution in [1.82, 2.24) is 49.7 Å². The number of allylic oxidation sites excluding steroid dienone is 1. The number of fused-ring (bicyclic) bond motifs is 2. The number of halogens is 3. The van der Waals surface area contributed by atoms with Gasteiger partial charge in [0.2, 0.25) is 23.0 Å². The van der Waals surface area contributed by atoms with Crippen molar-refractivity contribution in [1.29, 1.82) is 0 Å². The van der Waals surface area contributed by atoms with E-state index in [0.29, 0.717) is 112 Å². The maximum absolute atomic E-state index is 13.4. The van der Waals surface area contributed by atoms with Crippen molar-refractivity contribution in [3.63, 3.8) is 0 Å². The van der Waals surface area contributed by atoms with Gasteiger partial charge in [-0.15, -0.1) is 0 Å². The Kier molecular flexibility index (Phi) is 20.8. The van der Waals surface area contributed by atoms with Crippen molar-refractivity contribution >= 4 is 162 Å². The summed E-state index contributed by atoms with van der Waals surface area (Å²) in [6, 6.07) is 20.5. The third kappa shape index (κ3) is 16.1. The van der Waals surface area contributed by atoms with Gasteiger partial charge in [-0.25, -0.2) is 9.97 Å². The third-order valence-corrected chi connectivity index (χ3v) is 21.7. The van der Waals surface area contributed by atoms with Crippen LogP contribution in [0, 0.1) is 10.8 Å². The highest BCUT2D eigenvalue weighted by Crippen LogP contribution is 2.53. The molecule has 488 valence electrons. The number of amides is 1. The molecular formula is C66H79Cl3N18O4P2. The molecule has 6 heterocycles. The van der Waals surface area contributed by atoms with E-state index in [1.165, 1.54) is 57.0 Å². The van der Waals surface area contributed by atoms with E-state index in [4.69, 9.17) is 40.5 Å². The molecule has 4 fully saturated rings. The SMILES string of the molecule is C=CC(=O)Cl.C=CC(=O)Nc1cc(Nc2ncc(Cl)c(Nc3ccc4nccnc4c3P(C)(C)=O)n2)ccc1N1CCC2(CC1)CC(N(C)C)C2.CN(C)C1CC2(CCN(c3ccc(Nc4ncc(Cl)c(Nc5ccc6nccnc6c5P(C)(C)=O)n4)cc3N)CC2)C1. The molecule has 4 aromatic carbocycles. The van der Waals surface area contributed by atoms with Gasteiger partial charge in [0.05, 0.1) is 68.2 Å². The van der Waals surface area contributed by atoms with Crippen LogP contribution in [0.1, 0.15) is 51.4 Å². The monoisotopic (exact) mass is 1350 g/mol. The molecule has 22 nitrogen and oxygen atoms in total. The molecule has 2 spiro atoms. The number of aromatic nitrogens is 8. The molecule has 2 aliphatic carbocycles. The van der Waals surface area contributed by atoms with Crippen LogP contribution in [0.4, 0.5) is 69.0 Å². The van der Waals surface area contributed by atoms with Crippen LogP contribution < -0.4 is 52.7 Å². The topological polar surface area (TPSA) is 271 Å². The van der Waals surface area contributed by atoms with Crippen molar-refractivity contribution in [2.75, 3.05) is 123 Å². The average molecular weight is 1360 g/mol. The lowest BCUT2D eigenvalue weighted by Crippen LogP contribution is -2.53. The molecular weight excluding hydrogens is 1280 g/mol. The Balaban J connectivity index is 0.000000190. The molecule has 0 radical (unpaired) electrons. The number of nitrogens with zero attached hydrogens (tertiary/aromatic N) is 12. The summed E-state index contributed by atoms with van der Waals surface area (Å²) in [6.45, 7) is 17.4. The number of nitrogen functional groups attached to an aromatic ring is 1. The lowest BCUT2D eigenvalue weighted by atomic mass is 9.60. The third-order valence-electron chi connectivity index (χ3n) is 17.9. The maximum atomic E-state index is 13.4. The summed E-state index contributed by atoms with van der Waals surface area (Å²) in [5, 5.41) is 17.3. The first-order valence-electron chi connectivity index (χ1n) is 30.6. The van der Waals surface area contributed by atoms with Crippen LogP contribution >= 0.6 is 49.1 Å². The number of hydrogen-bond donors (Lipinski definition) is 6. The molecule has 27 heteroatoms. The summed E-state index contributed by atoms with van der Waals surface area (Å²) >= 11 is 17.7. The fourth-order valence-corrected chi connectivity index (χ4v) is 15.9. The molecule has 12 rings (SSSR count). The minimum absolute atomic E-state index is 0.283. The molecule has 4 aromatic heterocycles. The summed E-state index contributed by atoms with van der Waals surface area (Å²) in [4.78, 5) is 66.9. The van der Waals surface area contributed by atoms with E-state index in [1.807, 2.05) is 48.5 Å². The smallest absolute Gasteiger partial charge is 0.247 e. The fraction of sp³-hybridized carbons (Fsp3) is 0.364. The van der Waals surface area contributed by atoms with E-state index in [0.717, 1.165) is 68.2 Å². The van der Waals surface area contributed by atoms with Crippen LogP contribution in [0.25, 0.3) is 22.1 Å². The normalized spacial score (nSPS) is 16.7. The van der Waals surface area contributed by atoms with E-state index in [1.54, 1.807) is 57.5 Å². The summed E-state index contributed by atoms with van der Waals surface area (Å²) in [5.41, 5.74) is 16.0. The summed E-state index contributed by atoms with van der Waals surface area (Å²) in [6.07, 6.45) is 21.5. The molecule has 0 bridgehead atoms. The number of anilines is 12. The standard InChI is InChI=1S/C33H39ClN9O2P.C30H37ClN9OP.C3H3ClO/c1-6-28(44)39-26-17-21(7-10-27(26)43-15-11-33(12-16-43)18-22(19-33)42(2)3)38-32-37-20-23(34)31(41-32)40-25-9-8-24-29(36-14-13-35-24)30(25)46(4,5)45;1-39(2)20-16-30(17-20)9-13-40(14-10-30)25-8-5-19(15-22(25)32)36-29-35-18-21(31)28(38-29)37-24-7-6-23-26(34-12-11-33-23)27(24)42(3,4)41;1-2-3(4)5/h6-10,13-14,17,20,22H,1,11-12,15-16,18-19H2,2-5H3,(H,39,44)(H2,37,38,40,41);5-8,11-12,15,18,20H,9-10,13-14,16-17,32H2,1-4H3,(H2,35,36,37,38);2H,1H2. The lowest BCUT2D eigenvalue weighted by molar-refractivity contribution is -0.112. The minimum Gasteiger partial charge on any atom is -0.397 e. The predicted molar refractivity (Wildman–Crippen MR) is 383 cm³/mol. The molecule has 0 unspecified atom stereocenters. The second kappa shape index (κ2) is 28.4. The zero-order valence-electron chi connectivity index (χ0n) is 53.6. The molecule has 4 aliphatic rings. The largest absolute Gasteiger partial charge is 0.397 e. The van der Waals surface area contributed by atoms with E-state index < -0.39 is 19.5 Å². The Labute approximate surface area is 557 Å². The number of piperidine rings is 2. The first kappa shape index (κ1) is 68.1. The van der Waals surface area contributed by atoms with E-state index in [9.17, 15) is 18.7 Å². The zero-order chi connectivity index (χ0) is 66.6. The van der Waals surface area contributed by atoms with Crippen LogP contribution in [0.5, 0.6) is 0 Å². The predicted octanol–water partition coefficient (Wildman–Crippen LogP) is 12.9. The van der Waals surface area contributed by atoms with Gasteiger partial charge in [0, 0.05) is 74.4 Å².